The lowest BCUT2D eigenvalue weighted by Gasteiger charge is -2.34. The smallest absolute Gasteiger partial charge is 0.443 e. The predicted octanol–water partition coefficient (Wildman–Crippen LogP) is 5.60. The number of nitrogens with zero attached hydrogens (tertiary/aromatic N) is 2. The van der Waals surface area contributed by atoms with Crippen LogP contribution in [-0.4, -0.2) is 40.1 Å². The number of methoxy groups -OCH3 is 1. The molecule has 2 aromatic carbocycles. The van der Waals surface area contributed by atoms with Gasteiger partial charge in [-0.05, 0) is 43.1 Å². The highest BCUT2D eigenvalue weighted by Crippen LogP contribution is 2.43. The summed E-state index contributed by atoms with van der Waals surface area (Å²) in [6.07, 6.45) is -8.88. The van der Waals surface area contributed by atoms with Gasteiger partial charge in [-0.3, -0.25) is 4.31 Å². The number of rotatable bonds is 8. The maximum Gasteiger partial charge on any atom is 0.443 e. The van der Waals surface area contributed by atoms with Crippen LogP contribution in [0.4, 0.5) is 32.0 Å². The van der Waals surface area contributed by atoms with Gasteiger partial charge in [-0.15, -0.1) is 0 Å². The number of nitrogens with one attached hydrogen (secondary N) is 2. The Bertz CT molecular complexity index is 1430. The lowest BCUT2D eigenvalue weighted by atomic mass is 9.92. The van der Waals surface area contributed by atoms with Crippen molar-refractivity contribution in [2.45, 2.75) is 48.0 Å². The highest BCUT2D eigenvalue weighted by molar-refractivity contribution is 7.94. The molecule has 0 spiro atoms. The number of benzene rings is 2. The molecule has 0 saturated carbocycles. The minimum Gasteiger partial charge on any atom is -0.496 e. The SMILES string of the molecule is COc1ccc(N(C)S(=O)(=O)c2sc(C(F)(F)F)nc2C(F)(F)F)cc1CN[C@H]1CCCN[C@H]1c1ccccc1. The molecule has 3 aromatic rings. The zero-order valence-corrected chi connectivity index (χ0v) is 22.9. The fraction of sp³-hybridized carbons (Fsp3) is 0.400. The molecule has 2 heterocycles. The molecule has 1 aromatic heterocycles. The van der Waals surface area contributed by atoms with Gasteiger partial charge < -0.3 is 15.4 Å². The molecule has 2 N–H and O–H groups in total. The van der Waals surface area contributed by atoms with Crippen LogP contribution in [0.5, 0.6) is 5.75 Å². The molecule has 1 fully saturated rings. The predicted molar refractivity (Wildman–Crippen MR) is 138 cm³/mol. The van der Waals surface area contributed by atoms with Gasteiger partial charge in [0, 0.05) is 31.2 Å². The van der Waals surface area contributed by atoms with E-state index in [4.69, 9.17) is 4.74 Å². The van der Waals surface area contributed by atoms with Gasteiger partial charge in [-0.2, -0.15) is 26.3 Å². The number of thiazole rings is 1. The van der Waals surface area contributed by atoms with Gasteiger partial charge in [-0.1, -0.05) is 41.7 Å². The molecule has 1 aliphatic rings. The molecule has 0 bridgehead atoms. The Labute approximate surface area is 231 Å². The zero-order chi connectivity index (χ0) is 29.3. The molecular formula is C25H26F6N4O3S2. The van der Waals surface area contributed by atoms with Crippen molar-refractivity contribution < 1.29 is 39.5 Å². The quantitative estimate of drug-likeness (QED) is 0.324. The van der Waals surface area contributed by atoms with Crippen LogP contribution in [-0.2, 0) is 28.9 Å². The van der Waals surface area contributed by atoms with E-state index in [1.807, 2.05) is 30.3 Å². The van der Waals surface area contributed by atoms with Gasteiger partial charge in [0.1, 0.15) is 5.75 Å². The molecule has 40 heavy (non-hydrogen) atoms. The molecule has 7 nitrogen and oxygen atoms in total. The first kappa shape index (κ1) is 30.1. The molecule has 0 amide bonds. The summed E-state index contributed by atoms with van der Waals surface area (Å²) in [5, 5.41) is 5.04. The third-order valence-electron chi connectivity index (χ3n) is 6.50. The molecule has 1 saturated heterocycles. The average Bonchev–Trinajstić information content (AvgIpc) is 3.40. The van der Waals surface area contributed by atoms with Crippen molar-refractivity contribution in [3.63, 3.8) is 0 Å². The van der Waals surface area contributed by atoms with Gasteiger partial charge in [0.05, 0.1) is 12.8 Å². The van der Waals surface area contributed by atoms with Crippen LogP contribution in [0.1, 0.15) is 40.7 Å². The minimum atomic E-state index is -5.42. The van der Waals surface area contributed by atoms with E-state index in [0.29, 0.717) is 15.6 Å². The number of piperidine rings is 1. The summed E-state index contributed by atoms with van der Waals surface area (Å²) in [5.74, 6) is 0.398. The van der Waals surface area contributed by atoms with Crippen molar-refractivity contribution in [1.29, 1.82) is 0 Å². The van der Waals surface area contributed by atoms with E-state index in [2.05, 4.69) is 15.6 Å². The van der Waals surface area contributed by atoms with Gasteiger partial charge in [0.15, 0.2) is 14.9 Å². The first-order valence-corrected chi connectivity index (χ1v) is 14.3. The van der Waals surface area contributed by atoms with Crippen LogP contribution >= 0.6 is 11.3 Å². The Morgan fingerprint density at radius 3 is 2.42 bits per heavy atom. The monoisotopic (exact) mass is 608 g/mol. The van der Waals surface area contributed by atoms with Crippen molar-refractivity contribution >= 4 is 27.0 Å². The van der Waals surface area contributed by atoms with E-state index in [1.54, 1.807) is 0 Å². The second kappa shape index (κ2) is 11.5. The van der Waals surface area contributed by atoms with Gasteiger partial charge in [0.25, 0.3) is 10.0 Å². The summed E-state index contributed by atoms with van der Waals surface area (Å²) < 4.78 is 111. The van der Waals surface area contributed by atoms with Crippen LogP contribution in [0.2, 0.25) is 0 Å². The molecule has 1 aliphatic heterocycles. The maximum absolute atomic E-state index is 13.5. The highest BCUT2D eigenvalue weighted by Gasteiger charge is 2.47. The van der Waals surface area contributed by atoms with E-state index in [-0.39, 0.29) is 24.3 Å². The fourth-order valence-electron chi connectivity index (χ4n) is 4.50. The molecule has 218 valence electrons. The summed E-state index contributed by atoms with van der Waals surface area (Å²) in [6, 6.07) is 14.0. The maximum atomic E-state index is 13.5. The molecule has 15 heteroatoms. The molecular weight excluding hydrogens is 582 g/mol. The van der Waals surface area contributed by atoms with E-state index in [9.17, 15) is 34.8 Å². The summed E-state index contributed by atoms with van der Waals surface area (Å²) in [6.45, 7) is 1.07. The Morgan fingerprint density at radius 1 is 1.10 bits per heavy atom. The number of halogens is 6. The van der Waals surface area contributed by atoms with Crippen LogP contribution in [0.25, 0.3) is 0 Å². The largest absolute Gasteiger partial charge is 0.496 e. The lowest BCUT2D eigenvalue weighted by Crippen LogP contribution is -2.45. The average molecular weight is 609 g/mol. The topological polar surface area (TPSA) is 83.6 Å². The van der Waals surface area contributed by atoms with Gasteiger partial charge >= 0.3 is 12.4 Å². The fourth-order valence-corrected chi connectivity index (χ4v) is 7.23. The molecule has 0 unspecified atom stereocenters. The molecule has 4 rings (SSSR count). The Balaban J connectivity index is 1.63. The summed E-state index contributed by atoms with van der Waals surface area (Å²) >= 11 is -0.567. The van der Waals surface area contributed by atoms with E-state index < -0.39 is 48.6 Å². The van der Waals surface area contributed by atoms with Crippen LogP contribution in [0, 0.1) is 0 Å². The number of alkyl halides is 6. The summed E-state index contributed by atoms with van der Waals surface area (Å²) in [7, 11) is -2.68. The van der Waals surface area contributed by atoms with Crippen molar-refractivity contribution in [2.75, 3.05) is 25.0 Å². The first-order valence-electron chi connectivity index (χ1n) is 12.1. The Morgan fingerprint density at radius 2 is 1.80 bits per heavy atom. The number of aromatic nitrogens is 1. The molecule has 0 aliphatic carbocycles. The number of hydrogen-bond donors (Lipinski definition) is 2. The number of ether oxygens (including phenoxy) is 1. The van der Waals surface area contributed by atoms with Crippen LogP contribution in [0.3, 0.4) is 0 Å². The van der Waals surface area contributed by atoms with Gasteiger partial charge in [-0.25, -0.2) is 13.4 Å². The van der Waals surface area contributed by atoms with E-state index >= 15 is 0 Å². The zero-order valence-electron chi connectivity index (χ0n) is 21.3. The van der Waals surface area contributed by atoms with Crippen LogP contribution in [0.15, 0.2) is 52.7 Å². The van der Waals surface area contributed by atoms with Crippen molar-refractivity contribution in [3.05, 3.63) is 70.4 Å². The number of anilines is 1. The van der Waals surface area contributed by atoms with Gasteiger partial charge in [0.2, 0.25) is 0 Å². The van der Waals surface area contributed by atoms with Crippen molar-refractivity contribution in [1.82, 2.24) is 15.6 Å². The van der Waals surface area contributed by atoms with E-state index in [0.717, 1.165) is 32.0 Å². The van der Waals surface area contributed by atoms with Crippen molar-refractivity contribution in [2.24, 2.45) is 0 Å². The second-order valence-electron chi connectivity index (χ2n) is 9.09. The number of sulfonamides is 1. The third-order valence-corrected chi connectivity index (χ3v) is 9.87. The van der Waals surface area contributed by atoms with Crippen LogP contribution < -0.4 is 19.7 Å². The molecule has 0 radical (unpaired) electrons. The third kappa shape index (κ3) is 6.37. The van der Waals surface area contributed by atoms with Crippen molar-refractivity contribution in [3.8, 4) is 5.75 Å². The normalized spacial score (nSPS) is 18.5. The Hall–Kier alpha value is -2.88. The Kier molecular flexibility index (Phi) is 8.68. The second-order valence-corrected chi connectivity index (χ2v) is 12.3. The molecule has 2 atom stereocenters. The lowest BCUT2D eigenvalue weighted by molar-refractivity contribution is -0.148. The highest BCUT2D eigenvalue weighted by atomic mass is 32.2. The first-order chi connectivity index (χ1) is 18.7. The standard InChI is InChI=1S/C25H26F6N4O3S2/c1-35(40(36,37)22-21(24(26,27)28)34-23(39-22)25(29,30)31)17-10-11-19(38-2)16(13-17)14-33-18-9-6-12-32-20(18)15-7-4-3-5-8-15/h3-5,7-8,10-11,13,18,20,32-33H,6,9,12,14H2,1-2H3/t18-,20-/m0/s1. The number of hydrogen-bond acceptors (Lipinski definition) is 7. The summed E-state index contributed by atoms with van der Waals surface area (Å²) in [4.78, 5) is 2.58. The minimum absolute atomic E-state index is 0.0123. The van der Waals surface area contributed by atoms with E-state index in [1.165, 1.54) is 25.3 Å². The summed E-state index contributed by atoms with van der Waals surface area (Å²) in [5.41, 5.74) is -0.567.